The first-order valence-corrected chi connectivity index (χ1v) is 4.40. The molecule has 5 nitrogen and oxygen atoms in total. The van der Waals surface area contributed by atoms with Gasteiger partial charge in [0, 0.05) is 7.11 Å². The van der Waals surface area contributed by atoms with Crippen LogP contribution in [0.15, 0.2) is 15.6 Å². The second kappa shape index (κ2) is 4.98. The molecule has 0 radical (unpaired) electrons. The SMILES string of the molecule is COCCOc1nc[nH]c(=O)c1Br. The van der Waals surface area contributed by atoms with E-state index in [0.29, 0.717) is 17.7 Å². The number of aromatic nitrogens is 2. The minimum atomic E-state index is -0.262. The zero-order valence-electron chi connectivity index (χ0n) is 7.04. The molecule has 0 saturated carbocycles. The minimum absolute atomic E-state index is 0.262. The van der Waals surface area contributed by atoms with Gasteiger partial charge in [0.15, 0.2) is 0 Å². The molecule has 0 aliphatic heterocycles. The number of hydrogen-bond acceptors (Lipinski definition) is 4. The lowest BCUT2D eigenvalue weighted by molar-refractivity contribution is 0.143. The predicted molar refractivity (Wildman–Crippen MR) is 49.9 cm³/mol. The molecule has 1 N–H and O–H groups in total. The number of halogens is 1. The molecule has 0 aliphatic carbocycles. The second-order valence-corrected chi connectivity index (χ2v) is 2.99. The van der Waals surface area contributed by atoms with Crippen molar-refractivity contribution in [3.8, 4) is 5.88 Å². The number of methoxy groups -OCH3 is 1. The Balaban J connectivity index is 2.66. The summed E-state index contributed by atoms with van der Waals surface area (Å²) < 4.78 is 10.2. The molecule has 0 spiro atoms. The molecule has 1 aromatic heterocycles. The van der Waals surface area contributed by atoms with Crippen LogP contribution in [0, 0.1) is 0 Å². The Bertz CT molecular complexity index is 326. The van der Waals surface area contributed by atoms with Gasteiger partial charge in [-0.2, -0.15) is 0 Å². The maximum absolute atomic E-state index is 11.0. The molecule has 0 aromatic carbocycles. The molecule has 0 fully saturated rings. The Morgan fingerprint density at radius 2 is 2.38 bits per heavy atom. The van der Waals surface area contributed by atoms with Crippen molar-refractivity contribution in [2.24, 2.45) is 0 Å². The Kier molecular flexibility index (Phi) is 3.91. The quantitative estimate of drug-likeness (QED) is 0.792. The average molecular weight is 249 g/mol. The summed E-state index contributed by atoms with van der Waals surface area (Å²) in [5.41, 5.74) is -0.262. The molecule has 0 amide bonds. The van der Waals surface area contributed by atoms with Gasteiger partial charge < -0.3 is 14.5 Å². The monoisotopic (exact) mass is 248 g/mol. The summed E-state index contributed by atoms with van der Waals surface area (Å²) in [6.07, 6.45) is 1.29. The van der Waals surface area contributed by atoms with E-state index in [2.05, 4.69) is 25.9 Å². The third-order valence-corrected chi connectivity index (χ3v) is 1.99. The first-order chi connectivity index (χ1) is 6.25. The number of nitrogens with zero attached hydrogens (tertiary/aromatic N) is 1. The van der Waals surface area contributed by atoms with Crippen molar-refractivity contribution < 1.29 is 9.47 Å². The normalized spacial score (nSPS) is 10.0. The standard InChI is InChI=1S/C7H9BrN2O3/c1-12-2-3-13-7-5(8)6(11)9-4-10-7/h4H,2-3H2,1H3,(H,9,10,11). The summed E-state index contributed by atoms with van der Waals surface area (Å²) in [7, 11) is 1.57. The second-order valence-electron chi connectivity index (χ2n) is 2.19. The van der Waals surface area contributed by atoms with E-state index in [9.17, 15) is 4.79 Å². The highest BCUT2D eigenvalue weighted by atomic mass is 79.9. The fourth-order valence-electron chi connectivity index (χ4n) is 0.689. The number of ether oxygens (including phenoxy) is 2. The number of aromatic amines is 1. The topological polar surface area (TPSA) is 64.2 Å². The van der Waals surface area contributed by atoms with Gasteiger partial charge in [-0.3, -0.25) is 4.79 Å². The van der Waals surface area contributed by atoms with Gasteiger partial charge in [-0.05, 0) is 15.9 Å². The first kappa shape index (κ1) is 10.2. The summed E-state index contributed by atoms with van der Waals surface area (Å²) in [6.45, 7) is 0.826. The van der Waals surface area contributed by atoms with Crippen LogP contribution < -0.4 is 10.3 Å². The van der Waals surface area contributed by atoms with Crippen LogP contribution in [0.3, 0.4) is 0 Å². The maximum atomic E-state index is 11.0. The fourth-order valence-corrected chi connectivity index (χ4v) is 1.02. The van der Waals surface area contributed by atoms with Crippen LogP contribution in [-0.2, 0) is 4.74 Å². The zero-order chi connectivity index (χ0) is 9.68. The van der Waals surface area contributed by atoms with Gasteiger partial charge in [0.1, 0.15) is 11.1 Å². The maximum Gasteiger partial charge on any atom is 0.268 e. The largest absolute Gasteiger partial charge is 0.474 e. The summed E-state index contributed by atoms with van der Waals surface area (Å²) in [5, 5.41) is 0. The van der Waals surface area contributed by atoms with Crippen molar-refractivity contribution >= 4 is 15.9 Å². The van der Waals surface area contributed by atoms with Crippen molar-refractivity contribution in [3.63, 3.8) is 0 Å². The molecule has 0 atom stereocenters. The highest BCUT2D eigenvalue weighted by Gasteiger charge is 2.05. The van der Waals surface area contributed by atoms with Crippen LogP contribution in [-0.4, -0.2) is 30.3 Å². The molecule has 6 heteroatoms. The van der Waals surface area contributed by atoms with Crippen molar-refractivity contribution in [2.75, 3.05) is 20.3 Å². The number of rotatable bonds is 4. The molecule has 0 saturated heterocycles. The molecule has 0 bridgehead atoms. The van der Waals surface area contributed by atoms with Gasteiger partial charge in [0.05, 0.1) is 12.9 Å². The lowest BCUT2D eigenvalue weighted by atomic mass is 10.6. The van der Waals surface area contributed by atoms with Crippen molar-refractivity contribution in [1.29, 1.82) is 0 Å². The molecule has 72 valence electrons. The van der Waals surface area contributed by atoms with Crippen molar-refractivity contribution in [1.82, 2.24) is 9.97 Å². The van der Waals surface area contributed by atoms with Gasteiger partial charge in [-0.25, -0.2) is 4.98 Å². The summed E-state index contributed by atoms with van der Waals surface area (Å²) in [5.74, 6) is 0.279. The van der Waals surface area contributed by atoms with E-state index in [1.807, 2.05) is 0 Å². The van der Waals surface area contributed by atoms with Crippen LogP contribution in [0.25, 0.3) is 0 Å². The zero-order valence-corrected chi connectivity index (χ0v) is 8.63. The van der Waals surface area contributed by atoms with Crippen molar-refractivity contribution in [3.05, 3.63) is 21.2 Å². The van der Waals surface area contributed by atoms with Gasteiger partial charge in [-0.15, -0.1) is 0 Å². The highest BCUT2D eigenvalue weighted by molar-refractivity contribution is 9.10. The third-order valence-electron chi connectivity index (χ3n) is 1.29. The first-order valence-electron chi connectivity index (χ1n) is 3.60. The van der Waals surface area contributed by atoms with Crippen LogP contribution in [0.4, 0.5) is 0 Å². The third kappa shape index (κ3) is 2.82. The molecule has 0 unspecified atom stereocenters. The van der Waals surface area contributed by atoms with E-state index >= 15 is 0 Å². The summed E-state index contributed by atoms with van der Waals surface area (Å²) in [4.78, 5) is 17.3. The number of hydrogen-bond donors (Lipinski definition) is 1. The number of H-pyrrole nitrogens is 1. The van der Waals surface area contributed by atoms with E-state index in [1.165, 1.54) is 6.33 Å². The Morgan fingerprint density at radius 3 is 3.08 bits per heavy atom. The Morgan fingerprint density at radius 1 is 1.62 bits per heavy atom. The van der Waals surface area contributed by atoms with Gasteiger partial charge in [0.2, 0.25) is 5.88 Å². The van der Waals surface area contributed by atoms with E-state index in [-0.39, 0.29) is 11.4 Å². The molecule has 13 heavy (non-hydrogen) atoms. The predicted octanol–water partition coefficient (Wildman–Crippen LogP) is 0.558. The molecule has 0 aliphatic rings. The van der Waals surface area contributed by atoms with Crippen LogP contribution in [0.5, 0.6) is 5.88 Å². The van der Waals surface area contributed by atoms with E-state index in [0.717, 1.165) is 0 Å². The Hall–Kier alpha value is -0.880. The van der Waals surface area contributed by atoms with E-state index in [1.54, 1.807) is 7.11 Å². The fraction of sp³-hybridized carbons (Fsp3) is 0.429. The summed E-state index contributed by atoms with van der Waals surface area (Å²) >= 11 is 3.06. The van der Waals surface area contributed by atoms with Crippen LogP contribution in [0.2, 0.25) is 0 Å². The van der Waals surface area contributed by atoms with Gasteiger partial charge in [-0.1, -0.05) is 0 Å². The highest BCUT2D eigenvalue weighted by Crippen LogP contribution is 2.15. The van der Waals surface area contributed by atoms with E-state index < -0.39 is 0 Å². The molecule has 1 heterocycles. The Labute approximate surface area is 83.2 Å². The smallest absolute Gasteiger partial charge is 0.268 e. The molecular formula is C7H9BrN2O3. The van der Waals surface area contributed by atoms with Crippen molar-refractivity contribution in [2.45, 2.75) is 0 Å². The molecular weight excluding hydrogens is 240 g/mol. The van der Waals surface area contributed by atoms with Crippen LogP contribution in [0.1, 0.15) is 0 Å². The van der Waals surface area contributed by atoms with Gasteiger partial charge >= 0.3 is 0 Å². The van der Waals surface area contributed by atoms with Gasteiger partial charge in [0.25, 0.3) is 5.56 Å². The van der Waals surface area contributed by atoms with Crippen LogP contribution >= 0.6 is 15.9 Å². The van der Waals surface area contributed by atoms with E-state index in [4.69, 9.17) is 9.47 Å². The summed E-state index contributed by atoms with van der Waals surface area (Å²) in [6, 6.07) is 0. The lowest BCUT2D eigenvalue weighted by Crippen LogP contribution is -2.12. The molecule has 1 rings (SSSR count). The lowest BCUT2D eigenvalue weighted by Gasteiger charge is -2.04. The molecule has 1 aromatic rings. The number of nitrogens with one attached hydrogen (secondary N) is 1. The average Bonchev–Trinajstić information content (AvgIpc) is 2.13. The minimum Gasteiger partial charge on any atom is -0.474 e.